The second-order valence-electron chi connectivity index (χ2n) is 13.7. The third-order valence-electron chi connectivity index (χ3n) is 10.5. The minimum Gasteiger partial charge on any atom is -0.463 e. The van der Waals surface area contributed by atoms with E-state index in [2.05, 4.69) is 27.3 Å². The van der Waals surface area contributed by atoms with Crippen molar-refractivity contribution < 1.29 is 13.5 Å². The van der Waals surface area contributed by atoms with Crippen molar-refractivity contribution in [2.75, 3.05) is 68.0 Å². The van der Waals surface area contributed by atoms with Crippen molar-refractivity contribution in [1.29, 1.82) is 10.5 Å². The van der Waals surface area contributed by atoms with Crippen molar-refractivity contribution in [2.45, 2.75) is 68.4 Å². The van der Waals surface area contributed by atoms with Crippen molar-refractivity contribution in [3.8, 4) is 18.1 Å². The molecule has 2 aromatic heterocycles. The molecule has 8 rings (SSSR count). The summed E-state index contributed by atoms with van der Waals surface area (Å²) in [6, 6.07) is 5.71. The summed E-state index contributed by atoms with van der Waals surface area (Å²) in [5.41, 5.74) is 7.99. The smallest absolute Gasteiger partial charge is 0.320 e. The summed E-state index contributed by atoms with van der Waals surface area (Å²) in [5.74, 6) is -1.44. The van der Waals surface area contributed by atoms with Gasteiger partial charge >= 0.3 is 6.01 Å². The zero-order chi connectivity index (χ0) is 29.6. The number of ether oxygens (including phenoxy) is 1. The molecule has 43 heavy (non-hydrogen) atoms. The number of thiophene rings is 1. The molecule has 0 unspecified atom stereocenters. The van der Waals surface area contributed by atoms with Gasteiger partial charge in [-0.05, 0) is 44.1 Å². The Labute approximate surface area is 253 Å². The standard InChI is InChI=1S/C30H35F2N9OS/c31-30(32)7-8-39(16-30)13-28(5-6-28)17-42-27-37-25(40-11-18-1-2-19(12-40)36-18)21(10-34)26(38-27)41-14-29(15-41)4-3-22-23(29)20(9-33)24(35)43-22/h18-19,36H,1-8,11-17,35H2/t18-,19+. The van der Waals surface area contributed by atoms with E-state index in [-0.39, 0.29) is 29.8 Å². The molecule has 0 amide bonds. The van der Waals surface area contributed by atoms with Gasteiger partial charge in [-0.25, -0.2) is 8.78 Å². The quantitative estimate of drug-likeness (QED) is 0.485. The van der Waals surface area contributed by atoms with E-state index in [0.29, 0.717) is 72.6 Å². The van der Waals surface area contributed by atoms with Crippen LogP contribution in [0.4, 0.5) is 25.4 Å². The molecule has 0 radical (unpaired) electrons. The molecule has 6 aliphatic rings. The lowest BCUT2D eigenvalue weighted by Gasteiger charge is -2.49. The van der Waals surface area contributed by atoms with Crippen LogP contribution >= 0.6 is 11.3 Å². The number of alkyl halides is 2. The lowest BCUT2D eigenvalue weighted by molar-refractivity contribution is 0.00932. The van der Waals surface area contributed by atoms with Crippen LogP contribution in [0.2, 0.25) is 0 Å². The number of aryl methyl sites for hydroxylation is 1. The second-order valence-corrected chi connectivity index (χ2v) is 14.8. The van der Waals surface area contributed by atoms with Crippen LogP contribution in [-0.2, 0) is 11.8 Å². The number of nitrogens with two attached hydrogens (primary N) is 1. The van der Waals surface area contributed by atoms with Crippen molar-refractivity contribution >= 4 is 28.0 Å². The molecule has 6 heterocycles. The van der Waals surface area contributed by atoms with Crippen LogP contribution in [0.15, 0.2) is 0 Å². The number of nitrogens with one attached hydrogen (secondary N) is 1. The van der Waals surface area contributed by atoms with Gasteiger partial charge in [-0.1, -0.05) is 0 Å². The zero-order valence-electron chi connectivity index (χ0n) is 24.0. The number of nitriles is 2. The van der Waals surface area contributed by atoms with Crippen molar-refractivity contribution in [2.24, 2.45) is 5.41 Å². The van der Waals surface area contributed by atoms with Gasteiger partial charge in [-0.3, -0.25) is 4.90 Å². The van der Waals surface area contributed by atoms with Crippen LogP contribution in [0.25, 0.3) is 0 Å². The average molecular weight is 608 g/mol. The molecule has 0 aromatic carbocycles. The van der Waals surface area contributed by atoms with E-state index in [4.69, 9.17) is 20.4 Å². The average Bonchev–Trinajstić information content (AvgIpc) is 3.17. The number of anilines is 3. The second kappa shape index (κ2) is 9.62. The van der Waals surface area contributed by atoms with Gasteiger partial charge in [-0.2, -0.15) is 20.5 Å². The Hall–Kier alpha value is -3.26. The molecular formula is C30H35F2N9OS. The van der Waals surface area contributed by atoms with Gasteiger partial charge < -0.3 is 25.6 Å². The fourth-order valence-electron chi connectivity index (χ4n) is 8.14. The number of piperazine rings is 1. The van der Waals surface area contributed by atoms with E-state index in [9.17, 15) is 19.3 Å². The molecule has 2 atom stereocenters. The lowest BCUT2D eigenvalue weighted by Crippen LogP contribution is -2.59. The van der Waals surface area contributed by atoms with Gasteiger partial charge in [0.25, 0.3) is 5.92 Å². The van der Waals surface area contributed by atoms with Gasteiger partial charge in [0.1, 0.15) is 22.7 Å². The predicted octanol–water partition coefficient (Wildman–Crippen LogP) is 3.01. The summed E-state index contributed by atoms with van der Waals surface area (Å²) in [7, 11) is 0. The molecule has 3 N–H and O–H groups in total. The van der Waals surface area contributed by atoms with Crippen LogP contribution in [0.3, 0.4) is 0 Å². The number of hydrogen-bond acceptors (Lipinski definition) is 11. The Morgan fingerprint density at radius 2 is 1.67 bits per heavy atom. The van der Waals surface area contributed by atoms with Crippen molar-refractivity contribution in [3.63, 3.8) is 0 Å². The largest absolute Gasteiger partial charge is 0.463 e. The number of rotatable bonds is 7. The first kappa shape index (κ1) is 27.3. The Balaban J connectivity index is 1.08. The Morgan fingerprint density at radius 1 is 0.977 bits per heavy atom. The van der Waals surface area contributed by atoms with Crippen LogP contribution in [0, 0.1) is 28.1 Å². The Bertz CT molecular complexity index is 1540. The molecule has 1 saturated carbocycles. The van der Waals surface area contributed by atoms with E-state index < -0.39 is 5.92 Å². The molecule has 4 aliphatic heterocycles. The molecule has 13 heteroatoms. The molecular weight excluding hydrogens is 572 g/mol. The topological polar surface area (TPSA) is 130 Å². The van der Waals surface area contributed by atoms with Gasteiger partial charge in [0.05, 0.1) is 18.7 Å². The Morgan fingerprint density at radius 3 is 2.30 bits per heavy atom. The highest BCUT2D eigenvalue weighted by Crippen LogP contribution is 2.53. The number of aromatic nitrogens is 2. The summed E-state index contributed by atoms with van der Waals surface area (Å²) in [6.45, 7) is 3.99. The van der Waals surface area contributed by atoms with Crippen LogP contribution in [0.1, 0.15) is 60.1 Å². The third kappa shape index (κ3) is 4.59. The fourth-order valence-corrected chi connectivity index (χ4v) is 9.28. The first-order valence-corrected chi connectivity index (χ1v) is 16.1. The van der Waals surface area contributed by atoms with Gasteiger partial charge in [0.15, 0.2) is 11.6 Å². The summed E-state index contributed by atoms with van der Waals surface area (Å²) in [4.78, 5) is 17.0. The number of halogens is 2. The van der Waals surface area contributed by atoms with Gasteiger partial charge in [-0.15, -0.1) is 11.3 Å². The van der Waals surface area contributed by atoms with Gasteiger partial charge in [0.2, 0.25) is 0 Å². The zero-order valence-corrected chi connectivity index (χ0v) is 24.9. The summed E-state index contributed by atoms with van der Waals surface area (Å²) < 4.78 is 34.0. The van der Waals surface area contributed by atoms with Crippen molar-refractivity contribution in [1.82, 2.24) is 20.2 Å². The van der Waals surface area contributed by atoms with E-state index in [0.717, 1.165) is 57.2 Å². The number of nitrogen functional groups attached to an aromatic ring is 1. The maximum Gasteiger partial charge on any atom is 0.320 e. The molecule has 10 nitrogen and oxygen atoms in total. The maximum atomic E-state index is 13.8. The molecule has 226 valence electrons. The molecule has 1 spiro atoms. The molecule has 5 fully saturated rings. The minimum atomic E-state index is -2.61. The highest BCUT2D eigenvalue weighted by atomic mass is 32.1. The number of nitrogens with zero attached hydrogens (tertiary/aromatic N) is 7. The summed E-state index contributed by atoms with van der Waals surface area (Å²) >= 11 is 1.52. The van der Waals surface area contributed by atoms with E-state index in [1.165, 1.54) is 16.2 Å². The SMILES string of the molecule is N#Cc1c(N2C[C@H]3CC[C@@H](C2)N3)nc(OCC2(CN3CCC(F)(F)C3)CC2)nc1N1CC2(CCc3sc(N)c(C#N)c32)C1. The Kier molecular flexibility index (Phi) is 6.11. The minimum absolute atomic E-state index is 0.0886. The first-order valence-electron chi connectivity index (χ1n) is 15.3. The predicted molar refractivity (Wildman–Crippen MR) is 158 cm³/mol. The molecule has 2 aliphatic carbocycles. The molecule has 2 bridgehead atoms. The van der Waals surface area contributed by atoms with Crippen LogP contribution in [-0.4, -0.2) is 85.3 Å². The maximum absolute atomic E-state index is 13.8. The summed E-state index contributed by atoms with van der Waals surface area (Å²) in [5, 5.41) is 24.5. The molecule has 4 saturated heterocycles. The normalized spacial score (nSPS) is 27.5. The van der Waals surface area contributed by atoms with Crippen LogP contribution in [0.5, 0.6) is 6.01 Å². The van der Waals surface area contributed by atoms with Crippen LogP contribution < -0.4 is 25.6 Å². The van der Waals surface area contributed by atoms with E-state index >= 15 is 0 Å². The lowest BCUT2D eigenvalue weighted by atomic mass is 9.74. The monoisotopic (exact) mass is 607 g/mol. The third-order valence-corrected chi connectivity index (χ3v) is 11.6. The fraction of sp³-hybridized carbons (Fsp3) is 0.667. The number of fused-ring (bicyclic) bond motifs is 4. The highest BCUT2D eigenvalue weighted by molar-refractivity contribution is 7.16. The molecule has 2 aromatic rings. The van der Waals surface area contributed by atoms with E-state index in [1.54, 1.807) is 0 Å². The number of hydrogen-bond donors (Lipinski definition) is 2. The van der Waals surface area contributed by atoms with Gasteiger partial charge in [0, 0.05) is 73.5 Å². The summed E-state index contributed by atoms with van der Waals surface area (Å²) in [6.07, 6.45) is 5.82. The van der Waals surface area contributed by atoms with Crippen molar-refractivity contribution in [3.05, 3.63) is 21.6 Å². The number of likely N-dealkylation sites (tertiary alicyclic amines) is 1. The first-order chi connectivity index (χ1) is 20.7. The van der Waals surface area contributed by atoms with E-state index in [1.807, 2.05) is 4.90 Å². The highest BCUT2D eigenvalue weighted by Gasteiger charge is 2.53.